The molecule has 1 fully saturated rings. The molecular formula is C25H22N2O7S. The van der Waals surface area contributed by atoms with Crippen molar-refractivity contribution in [3.8, 4) is 11.5 Å². The van der Waals surface area contributed by atoms with E-state index in [2.05, 4.69) is 5.32 Å². The van der Waals surface area contributed by atoms with Crippen molar-refractivity contribution in [2.75, 3.05) is 26.8 Å². The normalized spacial score (nSPS) is 14.6. The van der Waals surface area contributed by atoms with Crippen molar-refractivity contribution in [1.29, 1.82) is 0 Å². The summed E-state index contributed by atoms with van der Waals surface area (Å²) in [5.41, 5.74) is 0.138. The molecule has 3 aromatic rings. The molecule has 0 aliphatic carbocycles. The molecule has 1 aliphatic rings. The van der Waals surface area contributed by atoms with Crippen LogP contribution < -0.4 is 20.4 Å². The molecule has 180 valence electrons. The van der Waals surface area contributed by atoms with E-state index in [9.17, 15) is 19.2 Å². The summed E-state index contributed by atoms with van der Waals surface area (Å²) in [6, 6.07) is 13.5. The maximum Gasteiger partial charge on any atom is 0.349 e. The summed E-state index contributed by atoms with van der Waals surface area (Å²) >= 11 is 0.812. The smallest absolute Gasteiger partial charge is 0.349 e. The largest absolute Gasteiger partial charge is 0.493 e. The second kappa shape index (κ2) is 10.5. The topological polar surface area (TPSA) is 115 Å². The van der Waals surface area contributed by atoms with Crippen molar-refractivity contribution in [1.82, 2.24) is 10.2 Å². The number of para-hydroxylation sites is 1. The molecule has 0 bridgehead atoms. The molecule has 0 unspecified atom stereocenters. The number of hydrogen-bond donors (Lipinski definition) is 1. The van der Waals surface area contributed by atoms with E-state index >= 15 is 0 Å². The third-order valence-electron chi connectivity index (χ3n) is 5.17. The fourth-order valence-corrected chi connectivity index (χ4v) is 4.35. The molecule has 35 heavy (non-hydrogen) atoms. The highest BCUT2D eigenvalue weighted by Gasteiger charge is 2.34. The van der Waals surface area contributed by atoms with Crippen molar-refractivity contribution in [2.24, 2.45) is 0 Å². The third kappa shape index (κ3) is 5.22. The molecule has 3 amide bonds. The summed E-state index contributed by atoms with van der Waals surface area (Å²) in [7, 11) is 1.52. The van der Waals surface area contributed by atoms with E-state index in [1.165, 1.54) is 13.2 Å². The molecule has 2 heterocycles. The van der Waals surface area contributed by atoms with E-state index < -0.39 is 22.7 Å². The van der Waals surface area contributed by atoms with Crippen LogP contribution in [0.25, 0.3) is 17.0 Å². The minimum absolute atomic E-state index is 0.0205. The van der Waals surface area contributed by atoms with Crippen LogP contribution in [0.4, 0.5) is 4.79 Å². The van der Waals surface area contributed by atoms with Crippen LogP contribution in [0, 0.1) is 0 Å². The molecular weight excluding hydrogens is 472 g/mol. The lowest BCUT2D eigenvalue weighted by Gasteiger charge is -2.13. The van der Waals surface area contributed by atoms with Crippen molar-refractivity contribution >= 4 is 45.9 Å². The lowest BCUT2D eigenvalue weighted by molar-refractivity contribution is -0.122. The lowest BCUT2D eigenvalue weighted by atomic mass is 10.2. The highest BCUT2D eigenvalue weighted by Crippen LogP contribution is 2.34. The minimum atomic E-state index is -0.763. The zero-order valence-electron chi connectivity index (χ0n) is 19.0. The third-order valence-corrected chi connectivity index (χ3v) is 6.07. The van der Waals surface area contributed by atoms with E-state index in [1.54, 1.807) is 48.5 Å². The molecule has 1 aliphatic heterocycles. The quantitative estimate of drug-likeness (QED) is 0.373. The van der Waals surface area contributed by atoms with Crippen LogP contribution in [0.2, 0.25) is 0 Å². The van der Waals surface area contributed by atoms with E-state index in [4.69, 9.17) is 13.9 Å². The lowest BCUT2D eigenvalue weighted by Crippen LogP contribution is -2.38. The average molecular weight is 495 g/mol. The molecule has 1 aromatic heterocycles. The Labute approximate surface area is 204 Å². The molecule has 0 atom stereocenters. The Bertz CT molecular complexity index is 1400. The molecule has 0 radical (unpaired) electrons. The number of nitrogens with one attached hydrogen (secondary N) is 1. The van der Waals surface area contributed by atoms with Crippen molar-refractivity contribution in [3.05, 3.63) is 75.0 Å². The van der Waals surface area contributed by atoms with Crippen molar-refractivity contribution in [2.45, 2.75) is 6.92 Å². The summed E-state index contributed by atoms with van der Waals surface area (Å²) in [6.45, 7) is 2.28. The first-order valence-corrected chi connectivity index (χ1v) is 11.6. The summed E-state index contributed by atoms with van der Waals surface area (Å²) in [6.07, 6.45) is 1.60. The second-order valence-electron chi connectivity index (χ2n) is 7.42. The Morgan fingerprint density at radius 3 is 2.69 bits per heavy atom. The van der Waals surface area contributed by atoms with Gasteiger partial charge in [0, 0.05) is 18.5 Å². The number of carbonyl (C=O) groups is 3. The molecule has 2 aromatic carbocycles. The van der Waals surface area contributed by atoms with Gasteiger partial charge in [-0.25, -0.2) is 4.79 Å². The Morgan fingerprint density at radius 2 is 1.91 bits per heavy atom. The molecule has 9 nitrogen and oxygen atoms in total. The minimum Gasteiger partial charge on any atom is -0.493 e. The number of methoxy groups -OCH3 is 1. The molecule has 1 saturated heterocycles. The standard InChI is InChI=1S/C25H22N2O7S/c1-3-33-19-9-8-15(12-20(19)32-2)13-21-23(29)27(25(31)35-21)11-10-26-22(28)17-14-16-6-4-5-7-18(16)34-24(17)30/h4-9,12-14H,3,10-11H2,1-2H3,(H,26,28)/b21-13-. The average Bonchev–Trinajstić information content (AvgIpc) is 3.11. The zero-order chi connectivity index (χ0) is 24.9. The first kappa shape index (κ1) is 24.1. The monoisotopic (exact) mass is 494 g/mol. The van der Waals surface area contributed by atoms with Gasteiger partial charge in [0.25, 0.3) is 17.1 Å². The van der Waals surface area contributed by atoms with Crippen molar-refractivity contribution < 1.29 is 28.3 Å². The summed E-state index contributed by atoms with van der Waals surface area (Å²) < 4.78 is 16.0. The van der Waals surface area contributed by atoms with Crippen LogP contribution in [-0.2, 0) is 4.79 Å². The van der Waals surface area contributed by atoms with Gasteiger partial charge in [-0.05, 0) is 54.6 Å². The van der Waals surface area contributed by atoms with Gasteiger partial charge in [-0.1, -0.05) is 24.3 Å². The number of carbonyl (C=O) groups excluding carboxylic acids is 3. The molecule has 0 saturated carbocycles. The number of benzene rings is 2. The van der Waals surface area contributed by atoms with Gasteiger partial charge in [0.15, 0.2) is 11.5 Å². The Kier molecular flexibility index (Phi) is 7.21. The number of imide groups is 1. The number of thioether (sulfide) groups is 1. The van der Waals surface area contributed by atoms with Crippen molar-refractivity contribution in [3.63, 3.8) is 0 Å². The first-order chi connectivity index (χ1) is 16.9. The van der Waals surface area contributed by atoms with Crippen LogP contribution in [-0.4, -0.2) is 48.8 Å². The number of rotatable bonds is 8. The number of amides is 3. The van der Waals surface area contributed by atoms with Crippen LogP contribution in [0.15, 0.2) is 62.6 Å². The number of nitrogens with zero attached hydrogens (tertiary/aromatic N) is 1. The van der Waals surface area contributed by atoms with Gasteiger partial charge in [-0.3, -0.25) is 19.3 Å². The Balaban J connectivity index is 1.41. The predicted molar refractivity (Wildman–Crippen MR) is 132 cm³/mol. The number of fused-ring (bicyclic) bond motifs is 1. The molecule has 1 N–H and O–H groups in total. The van der Waals surface area contributed by atoms with Crippen LogP contribution in [0.5, 0.6) is 11.5 Å². The van der Waals surface area contributed by atoms with Gasteiger partial charge in [0.2, 0.25) is 0 Å². The predicted octanol–water partition coefficient (Wildman–Crippen LogP) is 3.67. The van der Waals surface area contributed by atoms with E-state index in [0.717, 1.165) is 16.7 Å². The molecule has 10 heteroatoms. The van der Waals surface area contributed by atoms with Crippen LogP contribution in [0.1, 0.15) is 22.8 Å². The molecule has 4 rings (SSSR count). The van der Waals surface area contributed by atoms with Crippen LogP contribution >= 0.6 is 11.8 Å². The van der Waals surface area contributed by atoms with Crippen LogP contribution in [0.3, 0.4) is 0 Å². The highest BCUT2D eigenvalue weighted by atomic mass is 32.2. The van der Waals surface area contributed by atoms with Gasteiger partial charge in [0.1, 0.15) is 11.1 Å². The maximum atomic E-state index is 12.8. The van der Waals surface area contributed by atoms with Gasteiger partial charge < -0.3 is 19.2 Å². The molecule has 0 spiro atoms. The van der Waals surface area contributed by atoms with Gasteiger partial charge in [-0.15, -0.1) is 0 Å². The zero-order valence-corrected chi connectivity index (χ0v) is 19.8. The second-order valence-corrected chi connectivity index (χ2v) is 8.41. The van der Waals surface area contributed by atoms with E-state index in [-0.39, 0.29) is 23.6 Å². The van der Waals surface area contributed by atoms with Gasteiger partial charge in [-0.2, -0.15) is 0 Å². The van der Waals surface area contributed by atoms with E-state index in [0.29, 0.717) is 34.6 Å². The number of ether oxygens (including phenoxy) is 2. The van der Waals surface area contributed by atoms with E-state index in [1.807, 2.05) is 6.92 Å². The summed E-state index contributed by atoms with van der Waals surface area (Å²) in [5.74, 6) is -0.0158. The maximum absolute atomic E-state index is 12.8. The van der Waals surface area contributed by atoms with Gasteiger partial charge >= 0.3 is 5.63 Å². The fraction of sp³-hybridized carbons (Fsp3) is 0.200. The Hall–Kier alpha value is -4.05. The number of hydrogen-bond acceptors (Lipinski definition) is 8. The summed E-state index contributed by atoms with van der Waals surface area (Å²) in [4.78, 5) is 51.1. The van der Waals surface area contributed by atoms with Gasteiger partial charge in [0.05, 0.1) is 18.6 Å². The first-order valence-electron chi connectivity index (χ1n) is 10.8. The fourth-order valence-electron chi connectivity index (χ4n) is 3.49. The Morgan fingerprint density at radius 1 is 1.11 bits per heavy atom. The summed E-state index contributed by atoms with van der Waals surface area (Å²) in [5, 5.41) is 2.73. The SMILES string of the molecule is CCOc1ccc(/C=C2\SC(=O)N(CCNC(=O)c3cc4ccccc4oc3=O)C2=O)cc1OC. The highest BCUT2D eigenvalue weighted by molar-refractivity contribution is 8.18.